The molecule has 0 spiro atoms. The van der Waals surface area contributed by atoms with E-state index in [4.69, 9.17) is 11.6 Å². The number of carbonyl (C=O) groups is 3. The van der Waals surface area contributed by atoms with Crippen molar-refractivity contribution < 1.29 is 14.4 Å². The Morgan fingerprint density at radius 2 is 1.93 bits per heavy atom. The maximum atomic E-state index is 13.3. The first kappa shape index (κ1) is 19.8. The van der Waals surface area contributed by atoms with Crippen LogP contribution in [0.25, 0.3) is 11.1 Å². The zero-order valence-corrected chi connectivity index (χ0v) is 17.3. The lowest BCUT2D eigenvalue weighted by molar-refractivity contribution is -0.122. The summed E-state index contributed by atoms with van der Waals surface area (Å²) in [7, 11) is 0. The average Bonchev–Trinajstić information content (AvgIpc) is 3.07. The van der Waals surface area contributed by atoms with Crippen LogP contribution in [0.5, 0.6) is 0 Å². The second-order valence-electron chi connectivity index (χ2n) is 7.10. The lowest BCUT2D eigenvalue weighted by Gasteiger charge is -2.24. The second kappa shape index (κ2) is 8.08. The second-order valence-corrected chi connectivity index (χ2v) is 8.40. The number of thioether (sulfide) groups is 1. The summed E-state index contributed by atoms with van der Waals surface area (Å²) in [6.45, 7) is 0.422. The van der Waals surface area contributed by atoms with E-state index >= 15 is 0 Å². The minimum absolute atomic E-state index is 0.128. The van der Waals surface area contributed by atoms with Crippen molar-refractivity contribution in [2.45, 2.75) is 18.5 Å². The van der Waals surface area contributed by atoms with Gasteiger partial charge in [0.25, 0.3) is 5.91 Å². The van der Waals surface area contributed by atoms with Gasteiger partial charge >= 0.3 is 0 Å². The molecule has 2 aromatic rings. The molecule has 4 rings (SSSR count). The fourth-order valence-electron chi connectivity index (χ4n) is 3.89. The number of rotatable bonds is 4. The molecule has 8 heteroatoms. The molecule has 2 heterocycles. The van der Waals surface area contributed by atoms with Gasteiger partial charge < -0.3 is 15.5 Å². The smallest absolute Gasteiger partial charge is 0.256 e. The summed E-state index contributed by atoms with van der Waals surface area (Å²) in [6.07, 6.45) is 2.40. The van der Waals surface area contributed by atoms with Crippen molar-refractivity contribution in [1.82, 2.24) is 10.2 Å². The minimum atomic E-state index is -0.709. The predicted molar refractivity (Wildman–Crippen MR) is 115 cm³/mol. The first-order valence-electron chi connectivity index (χ1n) is 9.28. The van der Waals surface area contributed by atoms with Crippen molar-refractivity contribution in [2.75, 3.05) is 23.9 Å². The molecule has 0 bridgehead atoms. The van der Waals surface area contributed by atoms with Crippen LogP contribution >= 0.6 is 23.4 Å². The molecule has 1 saturated heterocycles. The van der Waals surface area contributed by atoms with Gasteiger partial charge in [-0.2, -0.15) is 11.8 Å². The number of hydrogen-bond donors (Lipinski definition) is 2. The third kappa shape index (κ3) is 3.84. The third-order valence-electron chi connectivity index (χ3n) is 5.23. The van der Waals surface area contributed by atoms with Crippen LogP contribution in [0, 0.1) is 0 Å². The van der Waals surface area contributed by atoms with Gasteiger partial charge in [0.05, 0.1) is 23.0 Å². The van der Waals surface area contributed by atoms with Crippen molar-refractivity contribution in [1.29, 1.82) is 0 Å². The predicted octanol–water partition coefficient (Wildman–Crippen LogP) is 3.02. The molecule has 150 valence electrons. The van der Waals surface area contributed by atoms with Gasteiger partial charge in [-0.1, -0.05) is 29.8 Å². The Hall–Kier alpha value is -2.51. The van der Waals surface area contributed by atoms with Gasteiger partial charge in [-0.25, -0.2) is 0 Å². The number of halogens is 1. The number of nitrogens with one attached hydrogen (secondary N) is 2. The normalized spacial score (nSPS) is 20.6. The monoisotopic (exact) mass is 429 g/mol. The van der Waals surface area contributed by atoms with Crippen LogP contribution in [-0.2, 0) is 9.59 Å². The number of carbonyl (C=O) groups excluding carboxylic acids is 3. The van der Waals surface area contributed by atoms with E-state index in [0.717, 1.165) is 11.1 Å². The molecular formula is C21H20ClN3O3S. The van der Waals surface area contributed by atoms with Crippen molar-refractivity contribution >= 4 is 46.8 Å². The topological polar surface area (TPSA) is 78.5 Å². The van der Waals surface area contributed by atoms with Crippen molar-refractivity contribution in [3.05, 3.63) is 53.1 Å². The van der Waals surface area contributed by atoms with Crippen LogP contribution in [0.2, 0.25) is 5.02 Å². The summed E-state index contributed by atoms with van der Waals surface area (Å²) in [5.41, 5.74) is 2.73. The van der Waals surface area contributed by atoms with E-state index < -0.39 is 6.04 Å². The molecule has 0 aromatic heterocycles. The van der Waals surface area contributed by atoms with Gasteiger partial charge in [0, 0.05) is 11.6 Å². The molecule has 2 aliphatic rings. The van der Waals surface area contributed by atoms with Crippen molar-refractivity contribution in [3.63, 3.8) is 0 Å². The summed E-state index contributed by atoms with van der Waals surface area (Å²) >= 11 is 7.38. The van der Waals surface area contributed by atoms with Gasteiger partial charge in [0.15, 0.2) is 0 Å². The first-order chi connectivity index (χ1) is 14.0. The molecule has 0 saturated carbocycles. The first-order valence-corrected chi connectivity index (χ1v) is 11.1. The van der Waals surface area contributed by atoms with Crippen molar-refractivity contribution in [3.8, 4) is 11.1 Å². The molecule has 0 unspecified atom stereocenters. The Morgan fingerprint density at radius 3 is 2.66 bits per heavy atom. The maximum Gasteiger partial charge on any atom is 0.256 e. The Bertz CT molecular complexity index is 980. The van der Waals surface area contributed by atoms with E-state index in [1.54, 1.807) is 29.2 Å². The maximum absolute atomic E-state index is 13.3. The largest absolute Gasteiger partial charge is 0.350 e. The molecule has 0 radical (unpaired) electrons. The van der Waals surface area contributed by atoms with Crippen LogP contribution in [0.1, 0.15) is 16.8 Å². The fourth-order valence-corrected chi connectivity index (χ4v) is 4.36. The lowest BCUT2D eigenvalue weighted by atomic mass is 10.0. The highest BCUT2D eigenvalue weighted by atomic mass is 35.5. The van der Waals surface area contributed by atoms with E-state index in [0.29, 0.717) is 35.0 Å². The number of benzene rings is 2. The summed E-state index contributed by atoms with van der Waals surface area (Å²) in [6, 6.07) is 11.7. The summed E-state index contributed by atoms with van der Waals surface area (Å²) in [4.78, 5) is 39.7. The van der Waals surface area contributed by atoms with Crippen molar-refractivity contribution in [2.24, 2.45) is 0 Å². The van der Waals surface area contributed by atoms with Gasteiger partial charge in [-0.05, 0) is 48.1 Å². The third-order valence-corrected chi connectivity index (χ3v) is 6.04. The number of anilines is 1. The summed E-state index contributed by atoms with van der Waals surface area (Å²) < 4.78 is 0. The molecule has 2 atom stereocenters. The van der Waals surface area contributed by atoms with Gasteiger partial charge in [-0.15, -0.1) is 0 Å². The molecule has 29 heavy (non-hydrogen) atoms. The van der Waals surface area contributed by atoms with Crippen LogP contribution in [0.15, 0.2) is 42.5 Å². The standard InChI is InChI=1S/C21H20ClN3O3S/c1-29-11-18(26)23-17-8-9-25-19(17)20(27)24-16-7-4-13(10-15(16)21(25)28)12-2-5-14(22)6-3-12/h2-7,10,17,19H,8-9,11H2,1H3,(H,23,26)(H,24,27)/t17-,19-/m0/s1. The Kier molecular flexibility index (Phi) is 5.52. The van der Waals surface area contributed by atoms with Crippen LogP contribution < -0.4 is 10.6 Å². The Labute approximate surface area is 178 Å². The quantitative estimate of drug-likeness (QED) is 0.783. The zero-order chi connectivity index (χ0) is 20.5. The van der Waals surface area contributed by atoms with E-state index in [1.165, 1.54) is 11.8 Å². The highest BCUT2D eigenvalue weighted by Gasteiger charge is 2.45. The Balaban J connectivity index is 1.64. The highest BCUT2D eigenvalue weighted by Crippen LogP contribution is 2.32. The molecule has 2 N–H and O–H groups in total. The molecule has 2 aromatic carbocycles. The minimum Gasteiger partial charge on any atom is -0.350 e. The Morgan fingerprint density at radius 1 is 1.21 bits per heavy atom. The van der Waals surface area contributed by atoms with Gasteiger partial charge in [0.2, 0.25) is 11.8 Å². The molecule has 3 amide bonds. The van der Waals surface area contributed by atoms with Gasteiger partial charge in [-0.3, -0.25) is 14.4 Å². The number of hydrogen-bond acceptors (Lipinski definition) is 4. The summed E-state index contributed by atoms with van der Waals surface area (Å²) in [5.74, 6) is -0.288. The molecule has 0 aliphatic carbocycles. The number of fused-ring (bicyclic) bond motifs is 2. The van der Waals surface area contributed by atoms with Crippen LogP contribution in [0.3, 0.4) is 0 Å². The number of nitrogens with zero attached hydrogens (tertiary/aromatic N) is 1. The number of amides is 3. The average molecular weight is 430 g/mol. The SMILES string of the molecule is CSCC(=O)N[C@H]1CCN2C(=O)c3cc(-c4ccc(Cl)cc4)ccc3NC(=O)[C@H]12. The molecule has 6 nitrogen and oxygen atoms in total. The zero-order valence-electron chi connectivity index (χ0n) is 15.8. The van der Waals surface area contributed by atoms with Crippen LogP contribution in [-0.4, -0.2) is 53.3 Å². The molecular weight excluding hydrogens is 410 g/mol. The molecule has 2 aliphatic heterocycles. The highest BCUT2D eigenvalue weighted by molar-refractivity contribution is 7.99. The van der Waals surface area contributed by atoms with E-state index in [1.807, 2.05) is 24.5 Å². The molecule has 1 fully saturated rings. The lowest BCUT2D eigenvalue weighted by Crippen LogP contribution is -2.51. The van der Waals surface area contributed by atoms with E-state index in [2.05, 4.69) is 10.6 Å². The van der Waals surface area contributed by atoms with E-state index in [9.17, 15) is 14.4 Å². The van der Waals surface area contributed by atoms with Crippen LogP contribution in [0.4, 0.5) is 5.69 Å². The van der Waals surface area contributed by atoms with Gasteiger partial charge in [0.1, 0.15) is 6.04 Å². The summed E-state index contributed by atoms with van der Waals surface area (Å²) in [5, 5.41) is 6.41. The fraction of sp³-hybridized carbons (Fsp3) is 0.286. The van der Waals surface area contributed by atoms with E-state index in [-0.39, 0.29) is 23.8 Å².